The lowest BCUT2D eigenvalue weighted by Gasteiger charge is -2.33. The summed E-state index contributed by atoms with van der Waals surface area (Å²) in [5, 5.41) is 3.72. The largest absolute Gasteiger partial charge is 0.316 e. The van der Waals surface area contributed by atoms with E-state index in [9.17, 15) is 0 Å². The molecule has 1 saturated heterocycles. The monoisotopic (exact) mass is 252 g/mol. The van der Waals surface area contributed by atoms with Crippen molar-refractivity contribution in [2.75, 3.05) is 26.7 Å². The van der Waals surface area contributed by atoms with Crippen LogP contribution in [0.25, 0.3) is 0 Å². The Morgan fingerprint density at radius 1 is 1.11 bits per heavy atom. The average Bonchev–Trinajstić information content (AvgIpc) is 2.37. The third kappa shape index (κ3) is 4.55. The highest BCUT2D eigenvalue weighted by Gasteiger charge is 2.20. The summed E-state index contributed by atoms with van der Waals surface area (Å²) in [5.74, 6) is 1.92. The molecule has 0 amide bonds. The molecule has 2 fully saturated rings. The second kappa shape index (κ2) is 7.49. The minimum Gasteiger partial charge on any atom is -0.316 e. The maximum atomic E-state index is 3.72. The lowest BCUT2D eigenvalue weighted by molar-refractivity contribution is 0.174. The van der Waals surface area contributed by atoms with Crippen LogP contribution >= 0.6 is 0 Å². The minimum absolute atomic E-state index is 0.844. The van der Waals surface area contributed by atoms with Crippen molar-refractivity contribution >= 4 is 0 Å². The van der Waals surface area contributed by atoms with Crippen LogP contribution in [0, 0.1) is 11.8 Å². The van der Waals surface area contributed by atoms with Gasteiger partial charge in [0, 0.05) is 6.04 Å². The molecule has 0 aromatic carbocycles. The minimum atomic E-state index is 0.844. The smallest absolute Gasteiger partial charge is 0.0104 e. The van der Waals surface area contributed by atoms with E-state index in [1.165, 1.54) is 71.0 Å². The van der Waals surface area contributed by atoms with Crippen molar-refractivity contribution in [1.82, 2.24) is 10.2 Å². The summed E-state index contributed by atoms with van der Waals surface area (Å²) in [6.07, 6.45) is 11.4. The third-order valence-electron chi connectivity index (χ3n) is 5.05. The summed E-state index contributed by atoms with van der Waals surface area (Å²) in [6.45, 7) is 6.22. The van der Waals surface area contributed by atoms with Gasteiger partial charge in [0.05, 0.1) is 0 Å². The zero-order valence-electron chi connectivity index (χ0n) is 12.5. The fraction of sp³-hybridized carbons (Fsp3) is 1.00. The van der Waals surface area contributed by atoms with E-state index in [0.29, 0.717) is 0 Å². The van der Waals surface area contributed by atoms with Crippen LogP contribution in [-0.4, -0.2) is 37.6 Å². The van der Waals surface area contributed by atoms with Crippen LogP contribution in [0.2, 0.25) is 0 Å². The molecule has 1 heterocycles. The SMILES string of the molecule is CC1CCCC(CNCCC2CCCCN2C)C1. The van der Waals surface area contributed by atoms with Crippen molar-refractivity contribution in [1.29, 1.82) is 0 Å². The normalized spacial score (nSPS) is 34.7. The van der Waals surface area contributed by atoms with Crippen LogP contribution < -0.4 is 5.32 Å². The summed E-state index contributed by atoms with van der Waals surface area (Å²) >= 11 is 0. The summed E-state index contributed by atoms with van der Waals surface area (Å²) < 4.78 is 0. The van der Waals surface area contributed by atoms with Gasteiger partial charge < -0.3 is 10.2 Å². The molecule has 1 aliphatic carbocycles. The molecule has 0 spiro atoms. The predicted octanol–water partition coefficient (Wildman–Crippen LogP) is 3.28. The van der Waals surface area contributed by atoms with Gasteiger partial charge in [0.1, 0.15) is 0 Å². The third-order valence-corrected chi connectivity index (χ3v) is 5.05. The number of hydrogen-bond donors (Lipinski definition) is 1. The van der Waals surface area contributed by atoms with Crippen molar-refractivity contribution in [3.8, 4) is 0 Å². The zero-order chi connectivity index (χ0) is 12.8. The molecule has 3 unspecified atom stereocenters. The predicted molar refractivity (Wildman–Crippen MR) is 78.9 cm³/mol. The van der Waals surface area contributed by atoms with Crippen LogP contribution in [0.15, 0.2) is 0 Å². The van der Waals surface area contributed by atoms with E-state index < -0.39 is 0 Å². The quantitative estimate of drug-likeness (QED) is 0.755. The van der Waals surface area contributed by atoms with Gasteiger partial charge in [-0.05, 0) is 70.6 Å². The fourth-order valence-corrected chi connectivity index (χ4v) is 3.83. The van der Waals surface area contributed by atoms with Gasteiger partial charge >= 0.3 is 0 Å². The van der Waals surface area contributed by atoms with Crippen LogP contribution in [0.5, 0.6) is 0 Å². The van der Waals surface area contributed by atoms with Gasteiger partial charge in [0.2, 0.25) is 0 Å². The molecule has 2 heteroatoms. The second-order valence-electron chi connectivity index (χ2n) is 6.76. The highest BCUT2D eigenvalue weighted by molar-refractivity contribution is 4.76. The Hall–Kier alpha value is -0.0800. The standard InChI is InChI=1S/C16H32N2/c1-14-6-5-7-15(12-14)13-17-10-9-16-8-3-4-11-18(16)2/h14-17H,3-13H2,1-2H3. The molecule has 2 rings (SSSR count). The number of piperidine rings is 1. The van der Waals surface area contributed by atoms with Crippen molar-refractivity contribution in [3.05, 3.63) is 0 Å². The first-order valence-electron chi connectivity index (χ1n) is 8.16. The molecule has 2 nitrogen and oxygen atoms in total. The Bertz CT molecular complexity index is 229. The van der Waals surface area contributed by atoms with Gasteiger partial charge in [-0.15, -0.1) is 0 Å². The number of hydrogen-bond acceptors (Lipinski definition) is 2. The molecular formula is C16H32N2. The van der Waals surface area contributed by atoms with Gasteiger partial charge in [-0.3, -0.25) is 0 Å². The average molecular weight is 252 g/mol. The Kier molecular flexibility index (Phi) is 5.97. The molecular weight excluding hydrogens is 220 g/mol. The van der Waals surface area contributed by atoms with Gasteiger partial charge in [0.15, 0.2) is 0 Å². The number of nitrogens with zero attached hydrogens (tertiary/aromatic N) is 1. The number of likely N-dealkylation sites (tertiary alicyclic amines) is 1. The lowest BCUT2D eigenvalue weighted by Crippen LogP contribution is -2.38. The molecule has 3 atom stereocenters. The Balaban J connectivity index is 1.55. The first kappa shape index (κ1) is 14.3. The van der Waals surface area contributed by atoms with E-state index in [0.717, 1.165) is 17.9 Å². The first-order valence-corrected chi connectivity index (χ1v) is 8.16. The highest BCUT2D eigenvalue weighted by Crippen LogP contribution is 2.27. The van der Waals surface area contributed by atoms with Crippen LogP contribution in [0.3, 0.4) is 0 Å². The van der Waals surface area contributed by atoms with Gasteiger partial charge in [-0.25, -0.2) is 0 Å². The van der Waals surface area contributed by atoms with Gasteiger partial charge in [-0.2, -0.15) is 0 Å². The summed E-state index contributed by atoms with van der Waals surface area (Å²) in [4.78, 5) is 2.56. The fourth-order valence-electron chi connectivity index (χ4n) is 3.83. The Morgan fingerprint density at radius 2 is 2.00 bits per heavy atom. The van der Waals surface area contributed by atoms with Crippen molar-refractivity contribution < 1.29 is 0 Å². The van der Waals surface area contributed by atoms with E-state index in [1.807, 2.05) is 0 Å². The maximum Gasteiger partial charge on any atom is 0.0104 e. The number of rotatable bonds is 5. The van der Waals surface area contributed by atoms with Gasteiger partial charge in [-0.1, -0.05) is 26.2 Å². The molecule has 0 aromatic rings. The molecule has 1 N–H and O–H groups in total. The van der Waals surface area contributed by atoms with E-state index in [4.69, 9.17) is 0 Å². The molecule has 1 saturated carbocycles. The summed E-state index contributed by atoms with van der Waals surface area (Å²) in [6, 6.07) is 0.844. The molecule has 2 aliphatic rings. The van der Waals surface area contributed by atoms with Crippen molar-refractivity contribution in [2.24, 2.45) is 11.8 Å². The molecule has 18 heavy (non-hydrogen) atoms. The van der Waals surface area contributed by atoms with E-state index in [-0.39, 0.29) is 0 Å². The first-order chi connectivity index (χ1) is 8.75. The zero-order valence-corrected chi connectivity index (χ0v) is 12.5. The Morgan fingerprint density at radius 3 is 2.78 bits per heavy atom. The van der Waals surface area contributed by atoms with Crippen LogP contribution in [0.4, 0.5) is 0 Å². The molecule has 0 radical (unpaired) electrons. The van der Waals surface area contributed by atoms with Crippen LogP contribution in [0.1, 0.15) is 58.3 Å². The maximum absolute atomic E-state index is 3.72. The number of nitrogens with one attached hydrogen (secondary N) is 1. The molecule has 0 aromatic heterocycles. The van der Waals surface area contributed by atoms with Crippen LogP contribution in [-0.2, 0) is 0 Å². The topological polar surface area (TPSA) is 15.3 Å². The lowest BCUT2D eigenvalue weighted by atomic mass is 9.82. The molecule has 0 bridgehead atoms. The molecule has 1 aliphatic heterocycles. The van der Waals surface area contributed by atoms with Crippen molar-refractivity contribution in [3.63, 3.8) is 0 Å². The highest BCUT2D eigenvalue weighted by atomic mass is 15.1. The van der Waals surface area contributed by atoms with E-state index in [2.05, 4.69) is 24.2 Å². The van der Waals surface area contributed by atoms with Gasteiger partial charge in [0.25, 0.3) is 0 Å². The van der Waals surface area contributed by atoms with E-state index in [1.54, 1.807) is 0 Å². The van der Waals surface area contributed by atoms with Crippen molar-refractivity contribution in [2.45, 2.75) is 64.3 Å². The van der Waals surface area contributed by atoms with E-state index >= 15 is 0 Å². The Labute approximate surface area is 114 Å². The second-order valence-corrected chi connectivity index (χ2v) is 6.76. The molecule has 106 valence electrons. The summed E-state index contributed by atoms with van der Waals surface area (Å²) in [5.41, 5.74) is 0. The summed E-state index contributed by atoms with van der Waals surface area (Å²) in [7, 11) is 2.30.